The third kappa shape index (κ3) is 3.42. The average molecular weight is 280 g/mol. The maximum atomic E-state index is 11.7. The number of nitrogens with one attached hydrogen (secondary N) is 1. The Bertz CT molecular complexity index is 548. The molecular weight excluding hydrogens is 264 g/mol. The van der Waals surface area contributed by atoms with E-state index in [0.717, 1.165) is 4.88 Å². The van der Waals surface area contributed by atoms with E-state index in [0.29, 0.717) is 17.3 Å². The lowest BCUT2D eigenvalue weighted by molar-refractivity contribution is -0.121. The molecule has 0 aliphatic rings. The molecule has 0 saturated heterocycles. The van der Waals surface area contributed by atoms with Gasteiger partial charge in [0, 0.05) is 6.04 Å². The van der Waals surface area contributed by atoms with E-state index in [9.17, 15) is 4.79 Å². The molecule has 1 amide bonds. The molecule has 6 heteroatoms. The summed E-state index contributed by atoms with van der Waals surface area (Å²) in [5, 5.41) is 13.5. The molecule has 1 atom stereocenters. The van der Waals surface area contributed by atoms with Crippen molar-refractivity contribution in [1.29, 1.82) is 0 Å². The lowest BCUT2D eigenvalue weighted by Gasteiger charge is -2.09. The van der Waals surface area contributed by atoms with Gasteiger partial charge in [0.25, 0.3) is 0 Å². The Kier molecular flexibility index (Phi) is 4.34. The maximum Gasteiger partial charge on any atom is 0.236 e. The Labute approximate surface area is 115 Å². The van der Waals surface area contributed by atoms with E-state index >= 15 is 0 Å². The van der Waals surface area contributed by atoms with Crippen LogP contribution in [0.2, 0.25) is 0 Å². The van der Waals surface area contributed by atoms with Gasteiger partial charge in [-0.3, -0.25) is 4.79 Å². The number of carbonyl (C=O) groups is 1. The molecule has 0 radical (unpaired) electrons. The van der Waals surface area contributed by atoms with Crippen molar-refractivity contribution in [3.05, 3.63) is 29.0 Å². The average Bonchev–Trinajstić information content (AvgIpc) is 2.99. The number of thiophene rings is 1. The molecule has 2 aromatic heterocycles. The van der Waals surface area contributed by atoms with Crippen LogP contribution in [0.1, 0.15) is 18.4 Å². The normalized spacial score (nSPS) is 12.4. The number of hydrogen-bond donors (Lipinski definition) is 2. The van der Waals surface area contributed by atoms with Crippen LogP contribution in [0.4, 0.5) is 0 Å². The van der Waals surface area contributed by atoms with Crippen molar-refractivity contribution in [3.63, 3.8) is 0 Å². The van der Waals surface area contributed by atoms with Crippen molar-refractivity contribution in [1.82, 2.24) is 10.3 Å². The molecule has 19 heavy (non-hydrogen) atoms. The van der Waals surface area contributed by atoms with Gasteiger partial charge in [0.05, 0.1) is 23.6 Å². The zero-order valence-corrected chi connectivity index (χ0v) is 11.7. The number of aliphatic hydroxyl groups is 1. The van der Waals surface area contributed by atoms with Gasteiger partial charge in [-0.2, -0.15) is 0 Å². The van der Waals surface area contributed by atoms with Crippen LogP contribution in [0, 0.1) is 6.92 Å². The van der Waals surface area contributed by atoms with E-state index < -0.39 is 0 Å². The fourth-order valence-electron chi connectivity index (χ4n) is 1.62. The first-order chi connectivity index (χ1) is 9.10. The highest BCUT2D eigenvalue weighted by Crippen LogP contribution is 2.25. The molecule has 2 heterocycles. The van der Waals surface area contributed by atoms with Gasteiger partial charge in [-0.05, 0) is 25.3 Å². The van der Waals surface area contributed by atoms with Crippen LogP contribution in [-0.4, -0.2) is 28.6 Å². The minimum Gasteiger partial charge on any atom is -0.440 e. The lowest BCUT2D eigenvalue weighted by atomic mass is 10.2. The predicted molar refractivity (Wildman–Crippen MR) is 72.9 cm³/mol. The second kappa shape index (κ2) is 5.99. The number of amides is 1. The molecule has 0 spiro atoms. The van der Waals surface area contributed by atoms with Crippen LogP contribution in [0.5, 0.6) is 0 Å². The van der Waals surface area contributed by atoms with Gasteiger partial charge in [-0.15, -0.1) is 11.3 Å². The van der Waals surface area contributed by atoms with Crippen LogP contribution >= 0.6 is 11.3 Å². The molecule has 1 unspecified atom stereocenters. The number of hydrogen-bond acceptors (Lipinski definition) is 5. The molecule has 102 valence electrons. The quantitative estimate of drug-likeness (QED) is 0.875. The summed E-state index contributed by atoms with van der Waals surface area (Å²) in [5.74, 6) is 1.02. The monoisotopic (exact) mass is 280 g/mol. The van der Waals surface area contributed by atoms with E-state index in [2.05, 4.69) is 10.3 Å². The Morgan fingerprint density at radius 1 is 1.63 bits per heavy atom. The molecule has 2 rings (SSSR count). The number of aryl methyl sites for hydroxylation is 1. The Hall–Kier alpha value is -1.66. The highest BCUT2D eigenvalue weighted by Gasteiger charge is 2.16. The third-order valence-corrected chi connectivity index (χ3v) is 3.49. The fourth-order valence-corrected chi connectivity index (χ4v) is 2.27. The van der Waals surface area contributed by atoms with E-state index in [4.69, 9.17) is 9.52 Å². The van der Waals surface area contributed by atoms with Crippen molar-refractivity contribution >= 4 is 17.2 Å². The molecule has 2 N–H and O–H groups in total. The van der Waals surface area contributed by atoms with Crippen LogP contribution in [0.25, 0.3) is 10.8 Å². The summed E-state index contributed by atoms with van der Waals surface area (Å²) in [5.41, 5.74) is 0.631. The molecule has 0 aromatic carbocycles. The number of rotatable bonds is 5. The minimum atomic E-state index is -0.253. The van der Waals surface area contributed by atoms with Gasteiger partial charge in [0.15, 0.2) is 0 Å². The molecule has 0 aliphatic carbocycles. The summed E-state index contributed by atoms with van der Waals surface area (Å²) < 4.78 is 5.56. The van der Waals surface area contributed by atoms with E-state index in [1.807, 2.05) is 17.5 Å². The molecule has 0 fully saturated rings. The second-order valence-corrected chi connectivity index (χ2v) is 5.27. The second-order valence-electron chi connectivity index (χ2n) is 4.33. The maximum absolute atomic E-state index is 11.7. The Balaban J connectivity index is 2.07. The van der Waals surface area contributed by atoms with Crippen molar-refractivity contribution in [3.8, 4) is 10.8 Å². The number of carbonyl (C=O) groups excluding carboxylic acids is 1. The predicted octanol–water partition coefficient (Wildman–Crippen LogP) is 1.75. The van der Waals surface area contributed by atoms with E-state index in [1.54, 1.807) is 25.2 Å². The highest BCUT2D eigenvalue weighted by molar-refractivity contribution is 7.13. The number of oxazole rings is 1. The van der Waals surface area contributed by atoms with Crippen LogP contribution < -0.4 is 5.32 Å². The van der Waals surface area contributed by atoms with Crippen molar-refractivity contribution < 1.29 is 14.3 Å². The van der Waals surface area contributed by atoms with Gasteiger partial charge in [0.1, 0.15) is 5.76 Å². The molecule has 2 aromatic rings. The van der Waals surface area contributed by atoms with E-state index in [-0.39, 0.29) is 25.0 Å². The standard InChI is InChI=1S/C13H16N2O3S/c1-8(7-16)14-12(17)6-10-9(2)18-13(15-10)11-4-3-5-19-11/h3-5,8,16H,6-7H2,1-2H3,(H,14,17). The molecular formula is C13H16N2O3S. The molecule has 5 nitrogen and oxygen atoms in total. The van der Waals surface area contributed by atoms with Gasteiger partial charge < -0.3 is 14.8 Å². The summed E-state index contributed by atoms with van der Waals surface area (Å²) >= 11 is 1.54. The summed E-state index contributed by atoms with van der Waals surface area (Å²) in [7, 11) is 0. The molecule has 0 aliphatic heterocycles. The highest BCUT2D eigenvalue weighted by atomic mass is 32.1. The van der Waals surface area contributed by atoms with Gasteiger partial charge in [-0.1, -0.05) is 6.07 Å². The number of nitrogens with zero attached hydrogens (tertiary/aromatic N) is 1. The molecule has 0 saturated carbocycles. The van der Waals surface area contributed by atoms with Gasteiger partial charge >= 0.3 is 0 Å². The Morgan fingerprint density at radius 2 is 2.42 bits per heavy atom. The third-order valence-electron chi connectivity index (χ3n) is 2.63. The van der Waals surface area contributed by atoms with Gasteiger partial charge in [0.2, 0.25) is 11.8 Å². The SMILES string of the molecule is Cc1oc(-c2cccs2)nc1CC(=O)NC(C)CO. The van der Waals surface area contributed by atoms with Crippen LogP contribution in [0.15, 0.2) is 21.9 Å². The van der Waals surface area contributed by atoms with Crippen molar-refractivity contribution in [2.45, 2.75) is 26.3 Å². The van der Waals surface area contributed by atoms with Gasteiger partial charge in [-0.25, -0.2) is 4.98 Å². The molecule has 0 bridgehead atoms. The largest absolute Gasteiger partial charge is 0.440 e. The summed E-state index contributed by atoms with van der Waals surface area (Å²) in [6, 6.07) is 3.60. The minimum absolute atomic E-state index is 0.0794. The Morgan fingerprint density at radius 3 is 3.05 bits per heavy atom. The lowest BCUT2D eigenvalue weighted by Crippen LogP contribution is -2.36. The van der Waals surface area contributed by atoms with Crippen molar-refractivity contribution in [2.24, 2.45) is 0 Å². The zero-order chi connectivity index (χ0) is 13.8. The topological polar surface area (TPSA) is 75.4 Å². The summed E-state index contributed by atoms with van der Waals surface area (Å²) in [4.78, 5) is 17.0. The van der Waals surface area contributed by atoms with E-state index in [1.165, 1.54) is 0 Å². The summed E-state index contributed by atoms with van der Waals surface area (Å²) in [6.45, 7) is 3.46. The first-order valence-corrected chi connectivity index (χ1v) is 6.88. The van der Waals surface area contributed by atoms with Crippen molar-refractivity contribution in [2.75, 3.05) is 6.61 Å². The summed E-state index contributed by atoms with van der Waals surface area (Å²) in [6.07, 6.45) is 0.158. The fraction of sp³-hybridized carbons (Fsp3) is 0.385. The number of aromatic nitrogens is 1. The smallest absolute Gasteiger partial charge is 0.236 e. The first kappa shape index (κ1) is 13.8. The van der Waals surface area contributed by atoms with Crippen LogP contribution in [-0.2, 0) is 11.2 Å². The number of aliphatic hydroxyl groups excluding tert-OH is 1. The zero-order valence-electron chi connectivity index (χ0n) is 10.8. The first-order valence-electron chi connectivity index (χ1n) is 6.00. The van der Waals surface area contributed by atoms with Crippen LogP contribution in [0.3, 0.4) is 0 Å².